The number of methoxy groups -OCH3 is 1. The largest absolute Gasteiger partial charge is 0.383 e. The van der Waals surface area contributed by atoms with E-state index < -0.39 is 4.92 Å². The summed E-state index contributed by atoms with van der Waals surface area (Å²) >= 11 is 0. The zero-order chi connectivity index (χ0) is 15.5. The summed E-state index contributed by atoms with van der Waals surface area (Å²) in [5, 5.41) is 16.3. The molecule has 21 heavy (non-hydrogen) atoms. The lowest BCUT2D eigenvalue weighted by atomic mass is 10.2. The average molecular weight is 293 g/mol. The van der Waals surface area contributed by atoms with E-state index in [2.05, 4.69) is 10.6 Å². The second-order valence-electron chi connectivity index (χ2n) is 4.22. The van der Waals surface area contributed by atoms with Gasteiger partial charge in [-0.05, 0) is 23.8 Å². The second-order valence-corrected chi connectivity index (χ2v) is 4.22. The van der Waals surface area contributed by atoms with Gasteiger partial charge in [-0.25, -0.2) is 0 Å². The van der Waals surface area contributed by atoms with Crippen LogP contribution < -0.4 is 10.6 Å². The number of carbonyl (C=O) groups excluding carboxylic acids is 1. The molecular formula is C14H19N3O4. The van der Waals surface area contributed by atoms with E-state index in [1.54, 1.807) is 25.3 Å². The third-order valence-electron chi connectivity index (χ3n) is 2.62. The monoisotopic (exact) mass is 293 g/mol. The van der Waals surface area contributed by atoms with Gasteiger partial charge in [0.1, 0.15) is 0 Å². The molecule has 0 spiro atoms. The van der Waals surface area contributed by atoms with Crippen LogP contribution in [0.4, 0.5) is 5.69 Å². The molecule has 0 atom stereocenters. The average Bonchev–Trinajstić information content (AvgIpc) is 2.49. The minimum atomic E-state index is -0.462. The number of nitrogens with zero attached hydrogens (tertiary/aromatic N) is 1. The lowest BCUT2D eigenvalue weighted by Gasteiger charge is -2.04. The molecule has 0 aliphatic rings. The van der Waals surface area contributed by atoms with Crippen LogP contribution in [0, 0.1) is 10.1 Å². The van der Waals surface area contributed by atoms with Crippen LogP contribution in [0.3, 0.4) is 0 Å². The number of nitro benzene ring substituents is 1. The van der Waals surface area contributed by atoms with Gasteiger partial charge in [0.25, 0.3) is 5.69 Å². The van der Waals surface area contributed by atoms with E-state index in [0.29, 0.717) is 19.7 Å². The molecule has 0 aromatic heterocycles. The molecule has 0 fully saturated rings. The Morgan fingerprint density at radius 1 is 1.29 bits per heavy atom. The summed E-state index contributed by atoms with van der Waals surface area (Å²) in [5.41, 5.74) is 0.757. The number of nitrogens with one attached hydrogen (secondary N) is 2. The first-order chi connectivity index (χ1) is 10.1. The maximum absolute atomic E-state index is 11.5. The zero-order valence-electron chi connectivity index (χ0n) is 11.9. The van der Waals surface area contributed by atoms with Crippen LogP contribution in [0.15, 0.2) is 30.3 Å². The highest BCUT2D eigenvalue weighted by molar-refractivity contribution is 5.91. The van der Waals surface area contributed by atoms with E-state index in [4.69, 9.17) is 4.74 Å². The standard InChI is InChI=1S/C14H19N3O4/c1-21-11-10-15-8-9-16-14(18)7-4-12-2-5-13(6-3-12)17(19)20/h2-7,15H,8-11H2,1H3,(H,16,18)/b7-4+. The highest BCUT2D eigenvalue weighted by Crippen LogP contribution is 2.12. The van der Waals surface area contributed by atoms with E-state index >= 15 is 0 Å². The van der Waals surface area contributed by atoms with Gasteiger partial charge >= 0.3 is 0 Å². The molecule has 0 saturated heterocycles. The maximum Gasteiger partial charge on any atom is 0.269 e. The quantitative estimate of drug-likeness (QED) is 0.306. The van der Waals surface area contributed by atoms with Crippen molar-refractivity contribution in [3.63, 3.8) is 0 Å². The number of hydrogen-bond acceptors (Lipinski definition) is 5. The van der Waals surface area contributed by atoms with Crippen LogP contribution in [0.5, 0.6) is 0 Å². The van der Waals surface area contributed by atoms with Crippen LogP contribution in [-0.4, -0.2) is 44.2 Å². The summed E-state index contributed by atoms with van der Waals surface area (Å²) < 4.78 is 4.88. The molecule has 0 unspecified atom stereocenters. The molecule has 0 radical (unpaired) electrons. The number of ether oxygens (including phenoxy) is 1. The first kappa shape index (κ1) is 16.8. The first-order valence-electron chi connectivity index (χ1n) is 6.53. The minimum absolute atomic E-state index is 0.0266. The van der Waals surface area contributed by atoms with Gasteiger partial charge in [0, 0.05) is 45.0 Å². The van der Waals surface area contributed by atoms with E-state index in [1.165, 1.54) is 18.2 Å². The molecule has 0 saturated carbocycles. The lowest BCUT2D eigenvalue weighted by molar-refractivity contribution is -0.384. The van der Waals surface area contributed by atoms with E-state index in [1.807, 2.05) is 0 Å². The molecule has 2 N–H and O–H groups in total. The lowest BCUT2D eigenvalue weighted by Crippen LogP contribution is -2.32. The topological polar surface area (TPSA) is 93.5 Å². The summed E-state index contributed by atoms with van der Waals surface area (Å²) in [5.74, 6) is -0.207. The molecule has 1 rings (SSSR count). The van der Waals surface area contributed by atoms with Crippen molar-refractivity contribution in [1.82, 2.24) is 10.6 Å². The van der Waals surface area contributed by atoms with E-state index in [9.17, 15) is 14.9 Å². The normalized spacial score (nSPS) is 10.7. The molecule has 7 heteroatoms. The number of nitro groups is 1. The van der Waals surface area contributed by atoms with Crippen molar-refractivity contribution in [1.29, 1.82) is 0 Å². The van der Waals surface area contributed by atoms with Crippen molar-refractivity contribution >= 4 is 17.7 Å². The van der Waals surface area contributed by atoms with Crippen LogP contribution in [-0.2, 0) is 9.53 Å². The van der Waals surface area contributed by atoms with Gasteiger partial charge in [0.15, 0.2) is 0 Å². The Kier molecular flexibility index (Phi) is 7.70. The molecule has 1 aromatic rings. The fraction of sp³-hybridized carbons (Fsp3) is 0.357. The molecule has 0 heterocycles. The molecule has 0 bridgehead atoms. The summed E-state index contributed by atoms with van der Waals surface area (Å²) in [7, 11) is 1.63. The van der Waals surface area contributed by atoms with Gasteiger partial charge < -0.3 is 15.4 Å². The predicted octanol–water partition coefficient (Wildman–Crippen LogP) is 0.960. The number of hydrogen-bond donors (Lipinski definition) is 2. The van der Waals surface area contributed by atoms with Crippen molar-refractivity contribution < 1.29 is 14.5 Å². The van der Waals surface area contributed by atoms with Crippen molar-refractivity contribution in [3.05, 3.63) is 46.0 Å². The summed E-state index contributed by atoms with van der Waals surface area (Å²) in [6.45, 7) is 2.56. The fourth-order valence-electron chi connectivity index (χ4n) is 1.51. The van der Waals surface area contributed by atoms with E-state index in [-0.39, 0.29) is 11.6 Å². The molecular weight excluding hydrogens is 274 g/mol. The maximum atomic E-state index is 11.5. The van der Waals surface area contributed by atoms with Gasteiger partial charge in [0.05, 0.1) is 11.5 Å². The van der Waals surface area contributed by atoms with Gasteiger partial charge in [-0.3, -0.25) is 14.9 Å². The highest BCUT2D eigenvalue weighted by Gasteiger charge is 2.02. The first-order valence-corrected chi connectivity index (χ1v) is 6.53. The van der Waals surface area contributed by atoms with Gasteiger partial charge in [0.2, 0.25) is 5.91 Å². The molecule has 7 nitrogen and oxygen atoms in total. The highest BCUT2D eigenvalue weighted by atomic mass is 16.6. The Bertz CT molecular complexity index is 485. The molecule has 1 amide bonds. The van der Waals surface area contributed by atoms with Crippen LogP contribution >= 0.6 is 0 Å². The van der Waals surface area contributed by atoms with Crippen LogP contribution in [0.25, 0.3) is 6.08 Å². The Morgan fingerprint density at radius 2 is 2.00 bits per heavy atom. The third kappa shape index (κ3) is 7.19. The zero-order valence-corrected chi connectivity index (χ0v) is 11.9. The third-order valence-corrected chi connectivity index (χ3v) is 2.62. The van der Waals surface area contributed by atoms with Gasteiger partial charge in [-0.1, -0.05) is 0 Å². The Labute approximate surface area is 123 Å². The predicted molar refractivity (Wildman–Crippen MR) is 79.9 cm³/mol. The van der Waals surface area contributed by atoms with Gasteiger partial charge in [-0.2, -0.15) is 0 Å². The van der Waals surface area contributed by atoms with Crippen LogP contribution in [0.2, 0.25) is 0 Å². The van der Waals surface area contributed by atoms with E-state index in [0.717, 1.165) is 12.1 Å². The molecule has 1 aromatic carbocycles. The van der Waals surface area contributed by atoms with Crippen molar-refractivity contribution in [2.75, 3.05) is 33.4 Å². The summed E-state index contributed by atoms with van der Waals surface area (Å²) in [4.78, 5) is 21.6. The van der Waals surface area contributed by atoms with Crippen molar-refractivity contribution in [2.45, 2.75) is 0 Å². The summed E-state index contributed by atoms with van der Waals surface area (Å²) in [6, 6.07) is 5.98. The van der Waals surface area contributed by atoms with Gasteiger partial charge in [-0.15, -0.1) is 0 Å². The Balaban J connectivity index is 2.28. The number of benzene rings is 1. The number of carbonyl (C=O) groups is 1. The molecule has 0 aliphatic carbocycles. The van der Waals surface area contributed by atoms with Crippen molar-refractivity contribution in [3.8, 4) is 0 Å². The smallest absolute Gasteiger partial charge is 0.269 e. The number of rotatable bonds is 9. The summed E-state index contributed by atoms with van der Waals surface area (Å²) in [6.07, 6.45) is 3.01. The van der Waals surface area contributed by atoms with Crippen LogP contribution in [0.1, 0.15) is 5.56 Å². The Morgan fingerprint density at radius 3 is 2.62 bits per heavy atom. The van der Waals surface area contributed by atoms with Crippen molar-refractivity contribution in [2.24, 2.45) is 0 Å². The fourth-order valence-corrected chi connectivity index (χ4v) is 1.51. The number of amides is 1. The minimum Gasteiger partial charge on any atom is -0.383 e. The number of non-ortho nitro benzene ring substituents is 1. The Hall–Kier alpha value is -2.25. The SMILES string of the molecule is COCCNCCNC(=O)/C=C/c1ccc([N+](=O)[O-])cc1. The molecule has 0 aliphatic heterocycles. The second kappa shape index (κ2) is 9.62. The molecule has 114 valence electrons.